The number of halogens is 2. The summed E-state index contributed by atoms with van der Waals surface area (Å²) in [6.45, 7) is -0.312. The molecule has 0 aromatic carbocycles. The van der Waals surface area contributed by atoms with Crippen molar-refractivity contribution in [3.63, 3.8) is 0 Å². The predicted molar refractivity (Wildman–Crippen MR) is 69.9 cm³/mol. The van der Waals surface area contributed by atoms with Gasteiger partial charge in [-0.25, -0.2) is 4.79 Å². The molecule has 3 atom stereocenters. The second kappa shape index (κ2) is 5.25. The maximum absolute atomic E-state index is 11.8. The number of aliphatic hydroxyl groups is 2. The second-order valence-corrected chi connectivity index (χ2v) is 5.41. The van der Waals surface area contributed by atoms with E-state index in [0.29, 0.717) is 9.08 Å². The molecule has 0 saturated carbocycles. The van der Waals surface area contributed by atoms with Crippen molar-refractivity contribution in [3.05, 3.63) is 19.6 Å². The Bertz CT molecular complexity index is 521. The number of anilines is 1. The topological polar surface area (TPSA) is 111 Å². The normalized spacial score (nSPS) is 27.7. The number of nitrogen functional groups attached to an aromatic ring is 1. The highest BCUT2D eigenvalue weighted by molar-refractivity contribution is 9.13. The minimum atomic E-state index is -0.824. The van der Waals surface area contributed by atoms with E-state index in [1.54, 1.807) is 0 Å². The van der Waals surface area contributed by atoms with Crippen molar-refractivity contribution in [1.82, 2.24) is 9.55 Å². The van der Waals surface area contributed by atoms with Crippen molar-refractivity contribution in [2.45, 2.75) is 24.9 Å². The van der Waals surface area contributed by atoms with Gasteiger partial charge in [-0.15, -0.1) is 0 Å². The van der Waals surface area contributed by atoms with Gasteiger partial charge in [0.15, 0.2) is 0 Å². The lowest BCUT2D eigenvalue weighted by molar-refractivity contribution is -0.0466. The third kappa shape index (κ3) is 2.32. The summed E-state index contributed by atoms with van der Waals surface area (Å²) in [5.41, 5.74) is 4.95. The summed E-state index contributed by atoms with van der Waals surface area (Å²) in [5, 5.41) is 18.7. The number of hydrogen-bond donors (Lipinski definition) is 3. The highest BCUT2D eigenvalue weighted by atomic mass is 79.9. The first-order valence-electron chi connectivity index (χ1n) is 5.13. The Morgan fingerprint density at radius 3 is 2.78 bits per heavy atom. The Morgan fingerprint density at radius 1 is 1.56 bits per heavy atom. The van der Waals surface area contributed by atoms with Crippen molar-refractivity contribution in [2.24, 2.45) is 0 Å². The number of hydrogen-bond acceptors (Lipinski definition) is 6. The van der Waals surface area contributed by atoms with E-state index in [9.17, 15) is 9.90 Å². The number of ether oxygens (including phenoxy) is 1. The average molecular weight is 385 g/mol. The zero-order valence-corrected chi connectivity index (χ0v) is 12.3. The van der Waals surface area contributed by atoms with Crippen LogP contribution in [0.3, 0.4) is 0 Å². The highest BCUT2D eigenvalue weighted by Crippen LogP contribution is 2.33. The molecule has 1 aromatic rings. The molecule has 9 heteroatoms. The SMILES string of the molecule is Nc1nc(=O)n([C@H]2C[C@H](O)[C@@H](CO)O2)c(Br)c1Br. The fourth-order valence-corrected chi connectivity index (χ4v) is 2.65. The number of nitrogens with two attached hydrogens (primary N) is 1. The first-order chi connectivity index (χ1) is 8.45. The molecule has 1 aromatic heterocycles. The Morgan fingerprint density at radius 2 is 2.22 bits per heavy atom. The van der Waals surface area contributed by atoms with Gasteiger partial charge in [-0.1, -0.05) is 0 Å². The Labute approximate surface area is 119 Å². The number of rotatable bonds is 2. The zero-order chi connectivity index (χ0) is 13.4. The van der Waals surface area contributed by atoms with Gasteiger partial charge in [0, 0.05) is 6.42 Å². The third-order valence-corrected chi connectivity index (χ3v) is 4.80. The van der Waals surface area contributed by atoms with Crippen LogP contribution in [0.2, 0.25) is 0 Å². The van der Waals surface area contributed by atoms with E-state index < -0.39 is 24.1 Å². The fraction of sp³-hybridized carbons (Fsp3) is 0.556. The van der Waals surface area contributed by atoms with Gasteiger partial charge in [-0.3, -0.25) is 4.57 Å². The first-order valence-corrected chi connectivity index (χ1v) is 6.71. The van der Waals surface area contributed by atoms with Crippen LogP contribution in [-0.4, -0.2) is 38.6 Å². The second-order valence-electron chi connectivity index (χ2n) is 3.87. The van der Waals surface area contributed by atoms with Gasteiger partial charge in [0.1, 0.15) is 22.8 Å². The van der Waals surface area contributed by atoms with Gasteiger partial charge in [0.05, 0.1) is 17.2 Å². The van der Waals surface area contributed by atoms with E-state index >= 15 is 0 Å². The molecular weight excluding hydrogens is 374 g/mol. The van der Waals surface area contributed by atoms with Crippen LogP contribution in [0.1, 0.15) is 12.6 Å². The van der Waals surface area contributed by atoms with Gasteiger partial charge in [-0.05, 0) is 31.9 Å². The summed E-state index contributed by atoms with van der Waals surface area (Å²) in [5.74, 6) is 0.0698. The summed E-state index contributed by atoms with van der Waals surface area (Å²) in [6, 6.07) is 0. The molecule has 7 nitrogen and oxygen atoms in total. The Balaban J connectivity index is 2.42. The standard InChI is InChI=1S/C9H11Br2N3O4/c10-6-7(11)14(9(17)13-8(6)12)5-1-3(16)4(2-15)18-5/h3-5,15-16H,1-2H2,(H2,12,13,17)/t3-,4+,5+/m0/s1. The number of nitrogens with zero attached hydrogens (tertiary/aromatic N) is 2. The van der Waals surface area contributed by atoms with Crippen LogP contribution < -0.4 is 11.4 Å². The summed E-state index contributed by atoms with van der Waals surface area (Å²) < 4.78 is 7.45. The minimum Gasteiger partial charge on any atom is -0.394 e. The van der Waals surface area contributed by atoms with Crippen LogP contribution in [0.5, 0.6) is 0 Å². The van der Waals surface area contributed by atoms with E-state index in [0.717, 1.165) is 0 Å². The zero-order valence-electron chi connectivity index (χ0n) is 9.08. The van der Waals surface area contributed by atoms with Crippen LogP contribution in [-0.2, 0) is 4.74 Å². The van der Waals surface area contributed by atoms with Crippen molar-refractivity contribution in [2.75, 3.05) is 12.3 Å². The smallest absolute Gasteiger partial charge is 0.352 e. The molecule has 0 unspecified atom stereocenters. The maximum Gasteiger partial charge on any atom is 0.352 e. The Kier molecular flexibility index (Phi) is 4.07. The van der Waals surface area contributed by atoms with Crippen LogP contribution >= 0.6 is 31.9 Å². The van der Waals surface area contributed by atoms with Gasteiger partial charge < -0.3 is 20.7 Å². The van der Waals surface area contributed by atoms with E-state index in [1.165, 1.54) is 4.57 Å². The lowest BCUT2D eigenvalue weighted by Gasteiger charge is -2.17. The molecular formula is C9H11Br2N3O4. The van der Waals surface area contributed by atoms with Crippen LogP contribution in [0, 0.1) is 0 Å². The molecule has 2 heterocycles. The molecule has 2 rings (SSSR count). The molecule has 100 valence electrons. The average Bonchev–Trinajstić information content (AvgIpc) is 2.67. The lowest BCUT2D eigenvalue weighted by Crippen LogP contribution is -2.29. The van der Waals surface area contributed by atoms with E-state index in [1.807, 2.05) is 0 Å². The molecule has 18 heavy (non-hydrogen) atoms. The van der Waals surface area contributed by atoms with Crippen molar-refractivity contribution in [1.29, 1.82) is 0 Å². The van der Waals surface area contributed by atoms with Crippen LogP contribution in [0.25, 0.3) is 0 Å². The van der Waals surface area contributed by atoms with E-state index in [4.69, 9.17) is 15.6 Å². The summed E-state index contributed by atoms with van der Waals surface area (Å²) in [6.07, 6.45) is -2.02. The van der Waals surface area contributed by atoms with Gasteiger partial charge in [0.25, 0.3) is 0 Å². The quantitative estimate of drug-likeness (QED) is 0.618. The van der Waals surface area contributed by atoms with Crippen molar-refractivity contribution in [3.8, 4) is 0 Å². The maximum atomic E-state index is 11.8. The molecule has 0 spiro atoms. The van der Waals surface area contributed by atoms with Crippen molar-refractivity contribution < 1.29 is 14.9 Å². The largest absolute Gasteiger partial charge is 0.394 e. The summed E-state index contributed by atoms with van der Waals surface area (Å²) in [4.78, 5) is 15.4. The van der Waals surface area contributed by atoms with Gasteiger partial charge >= 0.3 is 5.69 Å². The third-order valence-electron chi connectivity index (χ3n) is 2.71. The predicted octanol–water partition coefficient (Wildman–Crippen LogP) is -0.00880. The molecule has 0 radical (unpaired) electrons. The first kappa shape index (κ1) is 13.9. The molecule has 1 saturated heterocycles. The van der Waals surface area contributed by atoms with Crippen LogP contribution in [0.15, 0.2) is 13.9 Å². The molecule has 4 N–H and O–H groups in total. The molecule has 1 aliphatic rings. The monoisotopic (exact) mass is 383 g/mol. The Hall–Kier alpha value is -0.480. The molecule has 1 aliphatic heterocycles. The molecule has 0 amide bonds. The van der Waals surface area contributed by atoms with E-state index in [-0.39, 0.29) is 18.8 Å². The number of aliphatic hydroxyl groups excluding tert-OH is 2. The lowest BCUT2D eigenvalue weighted by atomic mass is 10.2. The number of aromatic nitrogens is 2. The van der Waals surface area contributed by atoms with Crippen LogP contribution in [0.4, 0.5) is 5.82 Å². The highest BCUT2D eigenvalue weighted by Gasteiger charge is 2.36. The van der Waals surface area contributed by atoms with Crippen molar-refractivity contribution >= 4 is 37.7 Å². The summed E-state index contributed by atoms with van der Waals surface area (Å²) >= 11 is 6.42. The molecule has 1 fully saturated rings. The fourth-order valence-electron chi connectivity index (χ4n) is 1.79. The van der Waals surface area contributed by atoms with Gasteiger partial charge in [0.2, 0.25) is 0 Å². The van der Waals surface area contributed by atoms with Gasteiger partial charge in [-0.2, -0.15) is 4.98 Å². The summed E-state index contributed by atoms with van der Waals surface area (Å²) in [7, 11) is 0. The minimum absolute atomic E-state index is 0.0698. The van der Waals surface area contributed by atoms with E-state index in [2.05, 4.69) is 36.8 Å². The molecule has 0 aliphatic carbocycles. The molecule has 0 bridgehead atoms.